The molecule has 0 bridgehead atoms. The molecule has 0 spiro atoms. The average Bonchev–Trinajstić information content (AvgIpc) is 2.77. The lowest BCUT2D eigenvalue weighted by Gasteiger charge is -2.36. The molecule has 2 heterocycles. The number of piperazine rings is 1. The van der Waals surface area contributed by atoms with Gasteiger partial charge in [-0.1, -0.05) is 6.92 Å². The molecule has 160 valence electrons. The van der Waals surface area contributed by atoms with E-state index < -0.39 is 23.7 Å². The highest BCUT2D eigenvalue weighted by Gasteiger charge is 2.22. The Morgan fingerprint density at radius 3 is 2.43 bits per heavy atom. The van der Waals surface area contributed by atoms with Crippen LogP contribution in [0, 0.1) is 5.82 Å². The van der Waals surface area contributed by atoms with Crippen LogP contribution in [0.1, 0.15) is 17.3 Å². The van der Waals surface area contributed by atoms with Crippen LogP contribution in [0.15, 0.2) is 36.7 Å². The zero-order chi connectivity index (χ0) is 21.5. The first-order valence-corrected chi connectivity index (χ1v) is 9.80. The standard InChI is InChI=1S/C20H25FN6O3/c1-2-22-16(19(29)30)13-25-18(28)14-4-5-17(15(21)12-14)26-8-10-27(11-9-26)20-23-6-3-7-24-20/h3-7,12,16,22H,2,8-11,13H2,1H3,(H,25,28)(H,29,30)/t16-/m0/s1. The van der Waals surface area contributed by atoms with E-state index in [2.05, 4.69) is 20.6 Å². The number of anilines is 2. The van der Waals surface area contributed by atoms with Crippen molar-refractivity contribution < 1.29 is 19.1 Å². The fourth-order valence-corrected chi connectivity index (χ4v) is 3.30. The Kier molecular flexibility index (Phi) is 7.12. The third-order valence-electron chi connectivity index (χ3n) is 4.88. The summed E-state index contributed by atoms with van der Waals surface area (Å²) in [6.45, 7) is 4.67. The molecule has 1 aliphatic rings. The van der Waals surface area contributed by atoms with Crippen molar-refractivity contribution in [1.82, 2.24) is 20.6 Å². The Morgan fingerprint density at radius 1 is 1.17 bits per heavy atom. The summed E-state index contributed by atoms with van der Waals surface area (Å²) in [5.41, 5.74) is 0.574. The highest BCUT2D eigenvalue weighted by molar-refractivity contribution is 5.95. The molecule has 1 aromatic carbocycles. The Labute approximate surface area is 173 Å². The van der Waals surface area contributed by atoms with Crippen molar-refractivity contribution in [3.05, 3.63) is 48.0 Å². The molecule has 0 radical (unpaired) electrons. The molecule has 2 aromatic rings. The number of carbonyl (C=O) groups is 2. The van der Waals surface area contributed by atoms with Crippen LogP contribution in [0.2, 0.25) is 0 Å². The van der Waals surface area contributed by atoms with E-state index in [0.717, 1.165) is 0 Å². The number of hydrogen-bond acceptors (Lipinski definition) is 7. The van der Waals surface area contributed by atoms with Gasteiger partial charge in [0.15, 0.2) is 0 Å². The molecule has 0 unspecified atom stereocenters. The Hall–Kier alpha value is -3.27. The molecule has 1 atom stereocenters. The number of carboxylic acids is 1. The molecule has 0 saturated carbocycles. The van der Waals surface area contributed by atoms with Crippen LogP contribution in [0.3, 0.4) is 0 Å². The second kappa shape index (κ2) is 9.97. The summed E-state index contributed by atoms with van der Waals surface area (Å²) in [5.74, 6) is -1.41. The number of aliphatic carboxylic acids is 1. The van der Waals surface area contributed by atoms with Crippen LogP contribution in [-0.2, 0) is 4.79 Å². The number of benzene rings is 1. The van der Waals surface area contributed by atoms with E-state index in [0.29, 0.717) is 44.4 Å². The lowest BCUT2D eigenvalue weighted by atomic mass is 10.1. The van der Waals surface area contributed by atoms with Gasteiger partial charge in [-0.3, -0.25) is 9.59 Å². The zero-order valence-corrected chi connectivity index (χ0v) is 16.7. The van der Waals surface area contributed by atoms with E-state index in [1.54, 1.807) is 37.5 Å². The zero-order valence-electron chi connectivity index (χ0n) is 16.7. The number of halogens is 1. The molecule has 30 heavy (non-hydrogen) atoms. The van der Waals surface area contributed by atoms with E-state index >= 15 is 0 Å². The second-order valence-electron chi connectivity index (χ2n) is 6.85. The summed E-state index contributed by atoms with van der Waals surface area (Å²) in [5, 5.41) is 14.4. The van der Waals surface area contributed by atoms with E-state index in [-0.39, 0.29) is 12.1 Å². The molecule has 3 N–H and O–H groups in total. The number of carbonyl (C=O) groups excluding carboxylic acids is 1. The summed E-state index contributed by atoms with van der Waals surface area (Å²) in [7, 11) is 0. The quantitative estimate of drug-likeness (QED) is 0.578. The molecule has 1 aliphatic heterocycles. The molecule has 0 aliphatic carbocycles. The number of nitrogens with zero attached hydrogens (tertiary/aromatic N) is 4. The predicted molar refractivity (Wildman–Crippen MR) is 110 cm³/mol. The van der Waals surface area contributed by atoms with Gasteiger partial charge in [0.05, 0.1) is 5.69 Å². The van der Waals surface area contributed by atoms with Crippen molar-refractivity contribution in [2.75, 3.05) is 49.1 Å². The van der Waals surface area contributed by atoms with Gasteiger partial charge in [0.2, 0.25) is 5.95 Å². The first-order valence-electron chi connectivity index (χ1n) is 9.80. The monoisotopic (exact) mass is 416 g/mol. The van der Waals surface area contributed by atoms with Crippen molar-refractivity contribution in [3.8, 4) is 0 Å². The van der Waals surface area contributed by atoms with Gasteiger partial charge >= 0.3 is 5.97 Å². The lowest BCUT2D eigenvalue weighted by Crippen LogP contribution is -2.47. The number of hydrogen-bond donors (Lipinski definition) is 3. The van der Waals surface area contributed by atoms with Gasteiger partial charge in [-0.15, -0.1) is 0 Å². The summed E-state index contributed by atoms with van der Waals surface area (Å²) in [4.78, 5) is 35.9. The van der Waals surface area contributed by atoms with Crippen molar-refractivity contribution in [1.29, 1.82) is 0 Å². The maximum Gasteiger partial charge on any atom is 0.322 e. The normalized spacial score (nSPS) is 15.0. The minimum atomic E-state index is -1.06. The smallest absolute Gasteiger partial charge is 0.322 e. The van der Waals surface area contributed by atoms with Crippen LogP contribution in [0.5, 0.6) is 0 Å². The minimum Gasteiger partial charge on any atom is -0.480 e. The van der Waals surface area contributed by atoms with E-state index in [1.165, 1.54) is 6.07 Å². The van der Waals surface area contributed by atoms with Crippen LogP contribution in [-0.4, -0.2) is 72.3 Å². The van der Waals surface area contributed by atoms with Crippen LogP contribution in [0.4, 0.5) is 16.0 Å². The Balaban J connectivity index is 1.59. The van der Waals surface area contributed by atoms with Gasteiger partial charge in [0, 0.05) is 50.7 Å². The van der Waals surface area contributed by atoms with Crippen molar-refractivity contribution in [3.63, 3.8) is 0 Å². The van der Waals surface area contributed by atoms with Crippen molar-refractivity contribution >= 4 is 23.5 Å². The van der Waals surface area contributed by atoms with Crippen LogP contribution >= 0.6 is 0 Å². The van der Waals surface area contributed by atoms with Crippen LogP contribution in [0.25, 0.3) is 0 Å². The third kappa shape index (κ3) is 5.20. The molecule has 10 heteroatoms. The SMILES string of the molecule is CCN[C@@H](CNC(=O)c1ccc(N2CCN(c3ncccn3)CC2)c(F)c1)C(=O)O. The average molecular weight is 416 g/mol. The number of nitrogens with one attached hydrogen (secondary N) is 2. The first kappa shape index (κ1) is 21.4. The fraction of sp³-hybridized carbons (Fsp3) is 0.400. The highest BCUT2D eigenvalue weighted by Crippen LogP contribution is 2.23. The fourth-order valence-electron chi connectivity index (χ4n) is 3.30. The number of amides is 1. The molecule has 1 amide bonds. The highest BCUT2D eigenvalue weighted by atomic mass is 19.1. The lowest BCUT2D eigenvalue weighted by molar-refractivity contribution is -0.139. The number of rotatable bonds is 8. The van der Waals surface area contributed by atoms with E-state index in [9.17, 15) is 14.0 Å². The van der Waals surface area contributed by atoms with E-state index in [1.807, 2.05) is 9.80 Å². The second-order valence-corrected chi connectivity index (χ2v) is 6.85. The molecule has 1 saturated heterocycles. The largest absolute Gasteiger partial charge is 0.480 e. The summed E-state index contributed by atoms with van der Waals surface area (Å²) in [6, 6.07) is 5.17. The topological polar surface area (TPSA) is 111 Å². The molecule has 9 nitrogen and oxygen atoms in total. The Morgan fingerprint density at radius 2 is 1.83 bits per heavy atom. The minimum absolute atomic E-state index is 0.0884. The third-order valence-corrected chi connectivity index (χ3v) is 4.88. The number of aromatic nitrogens is 2. The number of carboxylic acid groups (broad SMARTS) is 1. The Bertz CT molecular complexity index is 874. The summed E-state index contributed by atoms with van der Waals surface area (Å²) < 4.78 is 14.7. The maximum absolute atomic E-state index is 14.7. The molecule has 1 aromatic heterocycles. The van der Waals surface area contributed by atoms with Crippen molar-refractivity contribution in [2.45, 2.75) is 13.0 Å². The van der Waals surface area contributed by atoms with Gasteiger partial charge in [-0.05, 0) is 30.8 Å². The first-order chi connectivity index (χ1) is 14.5. The van der Waals surface area contributed by atoms with Gasteiger partial charge < -0.3 is 25.5 Å². The molecular weight excluding hydrogens is 391 g/mol. The van der Waals surface area contributed by atoms with Gasteiger partial charge in [0.25, 0.3) is 5.91 Å². The number of likely N-dealkylation sites (N-methyl/N-ethyl adjacent to an activating group) is 1. The maximum atomic E-state index is 14.7. The van der Waals surface area contributed by atoms with Crippen molar-refractivity contribution in [2.24, 2.45) is 0 Å². The van der Waals surface area contributed by atoms with Gasteiger partial charge in [-0.2, -0.15) is 0 Å². The molecule has 3 rings (SSSR count). The molecular formula is C20H25FN6O3. The predicted octanol–water partition coefficient (Wildman–Crippen LogP) is 0.735. The van der Waals surface area contributed by atoms with Gasteiger partial charge in [-0.25, -0.2) is 14.4 Å². The summed E-state index contributed by atoms with van der Waals surface area (Å²) in [6.07, 6.45) is 3.38. The van der Waals surface area contributed by atoms with E-state index in [4.69, 9.17) is 5.11 Å². The van der Waals surface area contributed by atoms with Crippen LogP contribution < -0.4 is 20.4 Å². The van der Waals surface area contributed by atoms with Gasteiger partial charge in [0.1, 0.15) is 11.9 Å². The molecule has 1 fully saturated rings. The summed E-state index contributed by atoms with van der Waals surface area (Å²) >= 11 is 0.